The van der Waals surface area contributed by atoms with Crippen molar-refractivity contribution < 1.29 is 9.53 Å². The Morgan fingerprint density at radius 1 is 1.21 bits per heavy atom. The van der Waals surface area contributed by atoms with Crippen molar-refractivity contribution in [2.24, 2.45) is 0 Å². The lowest BCUT2D eigenvalue weighted by Gasteiger charge is -2.07. The van der Waals surface area contributed by atoms with Gasteiger partial charge in [0.25, 0.3) is 0 Å². The summed E-state index contributed by atoms with van der Waals surface area (Å²) in [4.78, 5) is 13.9. The standard InChI is InChI=1S/C15H13NO2S/c1-18-15(17)10-6-7-11-9-16-12-4-2-3-5-13(12)19-14(11)8-10/h2-8,16H,9H2,1H3. The zero-order valence-corrected chi connectivity index (χ0v) is 11.3. The molecule has 0 spiro atoms. The molecule has 0 atom stereocenters. The van der Waals surface area contributed by atoms with Crippen molar-refractivity contribution in [2.75, 3.05) is 12.4 Å². The second-order valence-corrected chi connectivity index (χ2v) is 5.35. The van der Waals surface area contributed by atoms with Gasteiger partial charge in [0.05, 0.1) is 12.7 Å². The highest BCUT2D eigenvalue weighted by Crippen LogP contribution is 2.38. The highest BCUT2D eigenvalue weighted by Gasteiger charge is 2.15. The second kappa shape index (κ2) is 4.97. The van der Waals surface area contributed by atoms with Crippen LogP contribution < -0.4 is 5.32 Å². The number of ether oxygens (including phenoxy) is 1. The molecule has 1 aliphatic heterocycles. The van der Waals surface area contributed by atoms with Crippen LogP contribution in [0.15, 0.2) is 52.3 Å². The summed E-state index contributed by atoms with van der Waals surface area (Å²) in [5.41, 5.74) is 2.91. The van der Waals surface area contributed by atoms with Crippen molar-refractivity contribution in [3.8, 4) is 0 Å². The molecule has 96 valence electrons. The number of methoxy groups -OCH3 is 1. The second-order valence-electron chi connectivity index (χ2n) is 4.27. The Balaban J connectivity index is 2.02. The SMILES string of the molecule is COC(=O)c1ccc2c(c1)Sc1ccccc1NC2. The van der Waals surface area contributed by atoms with Crippen LogP contribution in [-0.4, -0.2) is 13.1 Å². The Kier molecular flexibility index (Phi) is 3.17. The van der Waals surface area contributed by atoms with Crippen LogP contribution in [0.1, 0.15) is 15.9 Å². The van der Waals surface area contributed by atoms with Crippen LogP contribution in [0.25, 0.3) is 0 Å². The van der Waals surface area contributed by atoms with E-state index in [1.54, 1.807) is 11.8 Å². The third-order valence-corrected chi connectivity index (χ3v) is 4.24. The molecule has 0 bridgehead atoms. The van der Waals surface area contributed by atoms with Gasteiger partial charge < -0.3 is 10.1 Å². The lowest BCUT2D eigenvalue weighted by molar-refractivity contribution is 0.0600. The van der Waals surface area contributed by atoms with Crippen LogP contribution in [-0.2, 0) is 11.3 Å². The number of anilines is 1. The van der Waals surface area contributed by atoms with E-state index in [4.69, 9.17) is 4.74 Å². The van der Waals surface area contributed by atoms with Gasteiger partial charge in [0.1, 0.15) is 0 Å². The molecule has 3 rings (SSSR count). The number of carbonyl (C=O) groups is 1. The van der Waals surface area contributed by atoms with Crippen LogP contribution in [0.5, 0.6) is 0 Å². The summed E-state index contributed by atoms with van der Waals surface area (Å²) in [5, 5.41) is 3.41. The lowest BCUT2D eigenvalue weighted by atomic mass is 10.1. The van der Waals surface area contributed by atoms with E-state index in [1.165, 1.54) is 17.6 Å². The van der Waals surface area contributed by atoms with Gasteiger partial charge in [-0.3, -0.25) is 0 Å². The fraction of sp³-hybridized carbons (Fsp3) is 0.133. The molecule has 0 aromatic heterocycles. The predicted molar refractivity (Wildman–Crippen MR) is 75.7 cm³/mol. The first-order valence-corrected chi connectivity index (χ1v) is 6.81. The van der Waals surface area contributed by atoms with Gasteiger partial charge in [-0.25, -0.2) is 4.79 Å². The molecule has 4 heteroatoms. The number of hydrogen-bond donors (Lipinski definition) is 1. The fourth-order valence-corrected chi connectivity index (χ4v) is 3.14. The van der Waals surface area contributed by atoms with Crippen molar-refractivity contribution in [3.63, 3.8) is 0 Å². The maximum Gasteiger partial charge on any atom is 0.337 e. The van der Waals surface area contributed by atoms with Gasteiger partial charge in [-0.05, 0) is 29.8 Å². The smallest absolute Gasteiger partial charge is 0.337 e. The van der Waals surface area contributed by atoms with E-state index in [0.717, 1.165) is 17.1 Å². The van der Waals surface area contributed by atoms with Crippen molar-refractivity contribution in [3.05, 3.63) is 53.6 Å². The van der Waals surface area contributed by atoms with Gasteiger partial charge in [0.15, 0.2) is 0 Å². The summed E-state index contributed by atoms with van der Waals surface area (Å²) < 4.78 is 4.76. The largest absolute Gasteiger partial charge is 0.465 e. The molecule has 0 saturated carbocycles. The first-order chi connectivity index (χ1) is 9.28. The van der Waals surface area contributed by atoms with E-state index in [1.807, 2.05) is 30.3 Å². The van der Waals surface area contributed by atoms with E-state index in [-0.39, 0.29) is 5.97 Å². The Bertz CT molecular complexity index is 640. The third kappa shape index (κ3) is 2.31. The van der Waals surface area contributed by atoms with Gasteiger partial charge in [0, 0.05) is 22.0 Å². The minimum Gasteiger partial charge on any atom is -0.465 e. The Morgan fingerprint density at radius 3 is 2.89 bits per heavy atom. The number of benzene rings is 2. The average Bonchev–Trinajstić information content (AvgIpc) is 2.64. The van der Waals surface area contributed by atoms with Gasteiger partial charge in [0.2, 0.25) is 0 Å². The molecule has 2 aromatic carbocycles. The predicted octanol–water partition coefficient (Wildman–Crippen LogP) is 3.55. The van der Waals surface area contributed by atoms with E-state index >= 15 is 0 Å². The molecule has 1 N–H and O–H groups in total. The van der Waals surface area contributed by atoms with E-state index in [9.17, 15) is 4.79 Å². The molecule has 0 saturated heterocycles. The Labute approximate surface area is 116 Å². The van der Waals surface area contributed by atoms with Crippen LogP contribution in [0, 0.1) is 0 Å². The first-order valence-electron chi connectivity index (χ1n) is 6.00. The van der Waals surface area contributed by atoms with E-state index in [2.05, 4.69) is 17.4 Å². The van der Waals surface area contributed by atoms with Crippen LogP contribution in [0.3, 0.4) is 0 Å². The lowest BCUT2D eigenvalue weighted by Crippen LogP contribution is -2.03. The monoisotopic (exact) mass is 271 g/mol. The van der Waals surface area contributed by atoms with E-state index in [0.29, 0.717) is 5.56 Å². The van der Waals surface area contributed by atoms with E-state index < -0.39 is 0 Å². The molecule has 0 fully saturated rings. The maximum absolute atomic E-state index is 11.6. The molecular weight excluding hydrogens is 258 g/mol. The minimum absolute atomic E-state index is 0.297. The van der Waals surface area contributed by atoms with Crippen LogP contribution in [0.2, 0.25) is 0 Å². The number of para-hydroxylation sites is 1. The summed E-state index contributed by atoms with van der Waals surface area (Å²) in [6.07, 6.45) is 0. The fourth-order valence-electron chi connectivity index (χ4n) is 2.05. The molecule has 0 aliphatic carbocycles. The molecule has 2 aromatic rings. The van der Waals surface area contributed by atoms with Gasteiger partial charge >= 0.3 is 5.97 Å². The minimum atomic E-state index is -0.297. The van der Waals surface area contributed by atoms with Gasteiger partial charge in [-0.15, -0.1) is 0 Å². The highest BCUT2D eigenvalue weighted by molar-refractivity contribution is 7.99. The summed E-state index contributed by atoms with van der Waals surface area (Å²) in [5.74, 6) is -0.297. The van der Waals surface area contributed by atoms with Crippen molar-refractivity contribution in [1.82, 2.24) is 0 Å². The summed E-state index contributed by atoms with van der Waals surface area (Å²) in [7, 11) is 1.40. The number of fused-ring (bicyclic) bond motifs is 2. The number of carbonyl (C=O) groups excluding carboxylic acids is 1. The zero-order chi connectivity index (χ0) is 13.2. The van der Waals surface area contributed by atoms with Crippen molar-refractivity contribution >= 4 is 23.4 Å². The number of esters is 1. The van der Waals surface area contributed by atoms with Crippen LogP contribution >= 0.6 is 11.8 Å². The summed E-state index contributed by atoms with van der Waals surface area (Å²) in [6.45, 7) is 0.765. The average molecular weight is 271 g/mol. The molecule has 0 unspecified atom stereocenters. The Morgan fingerprint density at radius 2 is 2.05 bits per heavy atom. The highest BCUT2D eigenvalue weighted by atomic mass is 32.2. The molecule has 0 radical (unpaired) electrons. The molecule has 0 amide bonds. The number of hydrogen-bond acceptors (Lipinski definition) is 4. The molecule has 3 nitrogen and oxygen atoms in total. The molecule has 19 heavy (non-hydrogen) atoms. The molecule has 1 aliphatic rings. The maximum atomic E-state index is 11.6. The zero-order valence-electron chi connectivity index (χ0n) is 10.5. The Hall–Kier alpha value is -1.94. The summed E-state index contributed by atoms with van der Waals surface area (Å²) in [6, 6.07) is 13.9. The number of rotatable bonds is 1. The van der Waals surface area contributed by atoms with Crippen molar-refractivity contribution in [2.45, 2.75) is 16.3 Å². The first kappa shape index (κ1) is 12.1. The third-order valence-electron chi connectivity index (χ3n) is 3.06. The number of nitrogens with one attached hydrogen (secondary N) is 1. The van der Waals surface area contributed by atoms with Gasteiger partial charge in [-0.2, -0.15) is 0 Å². The van der Waals surface area contributed by atoms with Crippen molar-refractivity contribution in [1.29, 1.82) is 0 Å². The quantitative estimate of drug-likeness (QED) is 0.805. The van der Waals surface area contributed by atoms with Gasteiger partial charge in [-0.1, -0.05) is 30.0 Å². The normalized spacial score (nSPS) is 12.7. The topological polar surface area (TPSA) is 38.3 Å². The molecular formula is C15H13NO2S. The van der Waals surface area contributed by atoms with Crippen LogP contribution in [0.4, 0.5) is 5.69 Å². The molecule has 1 heterocycles. The summed E-state index contributed by atoms with van der Waals surface area (Å²) >= 11 is 1.68.